The van der Waals surface area contributed by atoms with Gasteiger partial charge < -0.3 is 10.1 Å². The van der Waals surface area contributed by atoms with Crippen LogP contribution in [0.2, 0.25) is 0 Å². The van der Waals surface area contributed by atoms with Crippen molar-refractivity contribution in [3.05, 3.63) is 33.9 Å². The van der Waals surface area contributed by atoms with Crippen molar-refractivity contribution < 1.29 is 62.2 Å². The van der Waals surface area contributed by atoms with E-state index >= 15 is 0 Å². The lowest BCUT2D eigenvalue weighted by molar-refractivity contribution is -0.176. The van der Waals surface area contributed by atoms with E-state index in [1.54, 1.807) is 0 Å². The SMILES string of the molecule is CCOC(=O)NCc1c(C(F)(F)F)cc(C(F)(F)F)c(C(F)(F)F)c1C(F)(F)F. The third kappa shape index (κ3) is 5.82. The molecular weight excluding hydrogens is 442 g/mol. The molecule has 0 saturated carbocycles. The predicted molar refractivity (Wildman–Crippen MR) is 70.3 cm³/mol. The van der Waals surface area contributed by atoms with Crippen LogP contribution < -0.4 is 5.32 Å². The highest BCUT2D eigenvalue weighted by Crippen LogP contribution is 2.51. The first kappa shape index (κ1) is 24.7. The average molecular weight is 451 g/mol. The minimum Gasteiger partial charge on any atom is -0.450 e. The predicted octanol–water partition coefficient (Wildman–Crippen LogP) is 6.01. The van der Waals surface area contributed by atoms with E-state index in [0.29, 0.717) is 0 Å². The Balaban J connectivity index is 4.04. The van der Waals surface area contributed by atoms with Crippen molar-refractivity contribution in [2.24, 2.45) is 0 Å². The fourth-order valence-electron chi connectivity index (χ4n) is 2.33. The van der Waals surface area contributed by atoms with Gasteiger partial charge in [0.2, 0.25) is 0 Å². The van der Waals surface area contributed by atoms with E-state index in [4.69, 9.17) is 0 Å². The van der Waals surface area contributed by atoms with Crippen LogP contribution in [-0.2, 0) is 36.0 Å². The Morgan fingerprint density at radius 1 is 0.793 bits per heavy atom. The van der Waals surface area contributed by atoms with Gasteiger partial charge in [0.1, 0.15) is 0 Å². The number of hydrogen-bond acceptors (Lipinski definition) is 2. The van der Waals surface area contributed by atoms with E-state index in [-0.39, 0.29) is 0 Å². The molecule has 1 aromatic rings. The number of carbonyl (C=O) groups excluding carboxylic acids is 1. The molecule has 0 heterocycles. The zero-order chi connectivity index (χ0) is 23.0. The summed E-state index contributed by atoms with van der Waals surface area (Å²) < 4.78 is 161. The number of ether oxygens (including phenoxy) is 1. The van der Waals surface area contributed by atoms with Crippen molar-refractivity contribution >= 4 is 6.09 Å². The fourth-order valence-corrected chi connectivity index (χ4v) is 2.33. The number of alkyl carbamates (subject to hydrolysis) is 1. The van der Waals surface area contributed by atoms with Crippen molar-refractivity contribution in [2.45, 2.75) is 38.2 Å². The minimum atomic E-state index is -6.32. The summed E-state index contributed by atoms with van der Waals surface area (Å²) in [7, 11) is 0. The monoisotopic (exact) mass is 451 g/mol. The Hall–Kier alpha value is -2.35. The molecule has 166 valence electrons. The smallest absolute Gasteiger partial charge is 0.417 e. The Labute approximate surface area is 153 Å². The number of halogens is 12. The number of amides is 1. The molecule has 1 N–H and O–H groups in total. The van der Waals surface area contributed by atoms with Crippen LogP contribution in [-0.4, -0.2) is 12.7 Å². The quantitative estimate of drug-likeness (QED) is 0.572. The van der Waals surface area contributed by atoms with Gasteiger partial charge in [-0.15, -0.1) is 0 Å². The Morgan fingerprint density at radius 2 is 1.24 bits per heavy atom. The lowest BCUT2D eigenvalue weighted by atomic mass is 9.89. The second-order valence-electron chi connectivity index (χ2n) is 5.27. The number of benzene rings is 1. The van der Waals surface area contributed by atoms with Crippen molar-refractivity contribution in [3.8, 4) is 0 Å². The van der Waals surface area contributed by atoms with Gasteiger partial charge in [0.25, 0.3) is 0 Å². The van der Waals surface area contributed by atoms with Crippen molar-refractivity contribution in [3.63, 3.8) is 0 Å². The highest BCUT2D eigenvalue weighted by Gasteiger charge is 2.54. The Bertz CT molecular complexity index is 758. The highest BCUT2D eigenvalue weighted by molar-refractivity contribution is 5.67. The zero-order valence-electron chi connectivity index (χ0n) is 13.8. The van der Waals surface area contributed by atoms with Crippen LogP contribution in [0.3, 0.4) is 0 Å². The number of hydrogen-bond donors (Lipinski definition) is 1. The number of nitrogens with one attached hydrogen (secondary N) is 1. The van der Waals surface area contributed by atoms with Gasteiger partial charge in [-0.3, -0.25) is 0 Å². The molecule has 0 unspecified atom stereocenters. The molecule has 0 saturated heterocycles. The third-order valence-corrected chi connectivity index (χ3v) is 3.30. The summed E-state index contributed by atoms with van der Waals surface area (Å²) in [5, 5.41) is 1.35. The first-order valence-electron chi connectivity index (χ1n) is 7.21. The molecule has 0 spiro atoms. The van der Waals surface area contributed by atoms with E-state index in [0.717, 1.165) is 0 Å². The summed E-state index contributed by atoms with van der Waals surface area (Å²) in [4.78, 5) is 11.1. The maximum absolute atomic E-state index is 13.3. The molecule has 0 atom stereocenters. The van der Waals surface area contributed by atoms with Gasteiger partial charge in [0, 0.05) is 6.54 Å². The maximum Gasteiger partial charge on any atom is 0.417 e. The molecule has 0 bridgehead atoms. The molecule has 29 heavy (non-hydrogen) atoms. The molecule has 15 heteroatoms. The lowest BCUT2D eigenvalue weighted by Gasteiger charge is -2.26. The van der Waals surface area contributed by atoms with Crippen molar-refractivity contribution in [1.29, 1.82) is 0 Å². The lowest BCUT2D eigenvalue weighted by Crippen LogP contribution is -2.31. The molecular formula is C14H9F12NO2. The number of alkyl halides is 12. The van der Waals surface area contributed by atoms with Gasteiger partial charge in [-0.2, -0.15) is 52.7 Å². The van der Waals surface area contributed by atoms with E-state index in [9.17, 15) is 57.5 Å². The van der Waals surface area contributed by atoms with Crippen LogP contribution in [0.15, 0.2) is 6.07 Å². The summed E-state index contributed by atoms with van der Waals surface area (Å²) in [6.45, 7) is -1.03. The van der Waals surface area contributed by atoms with Gasteiger partial charge >= 0.3 is 30.8 Å². The van der Waals surface area contributed by atoms with Gasteiger partial charge in [0.15, 0.2) is 0 Å². The van der Waals surface area contributed by atoms with Crippen LogP contribution in [0.4, 0.5) is 57.5 Å². The summed E-state index contributed by atoms with van der Waals surface area (Å²) in [5.74, 6) is 0. The van der Waals surface area contributed by atoms with E-state index < -0.39 is 77.8 Å². The maximum atomic E-state index is 13.3. The third-order valence-electron chi connectivity index (χ3n) is 3.30. The summed E-state index contributed by atoms with van der Waals surface area (Å²) in [5.41, 5.74) is -14.6. The number of carbonyl (C=O) groups is 1. The van der Waals surface area contributed by atoms with E-state index in [2.05, 4.69) is 4.74 Å². The second-order valence-corrected chi connectivity index (χ2v) is 5.27. The summed E-state index contributed by atoms with van der Waals surface area (Å²) in [6.07, 6.45) is -26.3. The normalized spacial score (nSPS) is 13.4. The van der Waals surface area contributed by atoms with Gasteiger partial charge in [-0.25, -0.2) is 4.79 Å². The first-order valence-corrected chi connectivity index (χ1v) is 7.21. The second kappa shape index (κ2) is 7.82. The first-order chi connectivity index (χ1) is 12.8. The van der Waals surface area contributed by atoms with Crippen LogP contribution in [0.25, 0.3) is 0 Å². The molecule has 1 rings (SSSR count). The van der Waals surface area contributed by atoms with Crippen LogP contribution >= 0.6 is 0 Å². The van der Waals surface area contributed by atoms with E-state index in [1.807, 2.05) is 0 Å². The standard InChI is InChI=1S/C14H9F12NO2/c1-2-29-10(28)27-4-5-6(11(15,16)17)3-7(12(18,19)20)9(14(24,25)26)8(5)13(21,22)23/h3H,2,4H2,1H3,(H,27,28). The fraction of sp³-hybridized carbons (Fsp3) is 0.500. The van der Waals surface area contributed by atoms with Crippen LogP contribution in [0, 0.1) is 0 Å². The van der Waals surface area contributed by atoms with E-state index in [1.165, 1.54) is 12.2 Å². The van der Waals surface area contributed by atoms with Crippen LogP contribution in [0.5, 0.6) is 0 Å². The Kier molecular flexibility index (Phi) is 6.66. The minimum absolute atomic E-state index is 0.398. The molecule has 0 aliphatic carbocycles. The largest absolute Gasteiger partial charge is 0.450 e. The molecule has 0 radical (unpaired) electrons. The molecule has 0 aromatic heterocycles. The molecule has 0 aliphatic heterocycles. The topological polar surface area (TPSA) is 38.3 Å². The molecule has 1 aromatic carbocycles. The highest BCUT2D eigenvalue weighted by atomic mass is 19.4. The molecule has 0 fully saturated rings. The van der Waals surface area contributed by atoms with Gasteiger partial charge in [-0.05, 0) is 18.6 Å². The molecule has 3 nitrogen and oxygen atoms in total. The summed E-state index contributed by atoms with van der Waals surface area (Å²) >= 11 is 0. The average Bonchev–Trinajstić information content (AvgIpc) is 2.47. The van der Waals surface area contributed by atoms with Gasteiger partial charge in [-0.1, -0.05) is 0 Å². The van der Waals surface area contributed by atoms with Crippen LogP contribution in [0.1, 0.15) is 34.7 Å². The van der Waals surface area contributed by atoms with Crippen molar-refractivity contribution in [1.82, 2.24) is 5.32 Å². The molecule has 0 aliphatic rings. The van der Waals surface area contributed by atoms with Gasteiger partial charge in [0.05, 0.1) is 28.9 Å². The summed E-state index contributed by atoms with van der Waals surface area (Å²) in [6, 6.07) is -1.07. The van der Waals surface area contributed by atoms with Crippen molar-refractivity contribution in [2.75, 3.05) is 6.61 Å². The number of rotatable bonds is 3. The molecule has 1 amide bonds. The Morgan fingerprint density at radius 3 is 1.59 bits per heavy atom. The zero-order valence-corrected chi connectivity index (χ0v) is 13.8.